The number of amides is 2. The highest BCUT2D eigenvalue weighted by Crippen LogP contribution is 2.23. The number of nitrogens with zero attached hydrogens (tertiary/aromatic N) is 4. The smallest absolute Gasteiger partial charge is 0.270 e. The molecule has 10 heteroatoms. The maximum absolute atomic E-state index is 13.1. The van der Waals surface area contributed by atoms with Gasteiger partial charge in [-0.3, -0.25) is 9.59 Å². The second-order valence-corrected chi connectivity index (χ2v) is 10.4. The lowest BCUT2D eigenvalue weighted by molar-refractivity contribution is 0.0530. The molecule has 2 aliphatic heterocycles. The van der Waals surface area contributed by atoms with Crippen LogP contribution in [0.15, 0.2) is 41.4 Å². The topological polar surface area (TPSA) is 92.2 Å². The van der Waals surface area contributed by atoms with Gasteiger partial charge in [-0.1, -0.05) is 6.42 Å². The average Bonchev–Trinajstić information content (AvgIpc) is 3.26. The number of rotatable bonds is 5. The van der Waals surface area contributed by atoms with E-state index in [4.69, 9.17) is 4.74 Å². The van der Waals surface area contributed by atoms with Gasteiger partial charge in [0.1, 0.15) is 16.3 Å². The van der Waals surface area contributed by atoms with E-state index in [1.165, 1.54) is 16.6 Å². The minimum absolute atomic E-state index is 0.0847. The molecular formula is C23H30N4O5S. The van der Waals surface area contributed by atoms with Gasteiger partial charge in [-0.2, -0.15) is 4.31 Å². The van der Waals surface area contributed by atoms with E-state index in [1.54, 1.807) is 52.8 Å². The zero-order chi connectivity index (χ0) is 23.6. The summed E-state index contributed by atoms with van der Waals surface area (Å²) < 4.78 is 34.2. The number of ether oxygens (including phenoxy) is 1. The van der Waals surface area contributed by atoms with Crippen LogP contribution in [0.1, 0.15) is 40.1 Å². The largest absolute Gasteiger partial charge is 0.497 e. The molecule has 2 aromatic rings. The van der Waals surface area contributed by atoms with Gasteiger partial charge in [-0.25, -0.2) is 8.42 Å². The Morgan fingerprint density at radius 1 is 0.848 bits per heavy atom. The first-order valence-electron chi connectivity index (χ1n) is 11.2. The quantitative estimate of drug-likeness (QED) is 0.659. The number of piperazine rings is 1. The molecule has 0 unspecified atom stereocenters. The number of carbonyl (C=O) groups is 2. The summed E-state index contributed by atoms with van der Waals surface area (Å²) >= 11 is 0. The summed E-state index contributed by atoms with van der Waals surface area (Å²) in [4.78, 5) is 29.5. The lowest BCUT2D eigenvalue weighted by Gasteiger charge is -2.34. The maximum Gasteiger partial charge on any atom is 0.270 e. The van der Waals surface area contributed by atoms with E-state index in [1.807, 2.05) is 0 Å². The number of piperidine rings is 1. The summed E-state index contributed by atoms with van der Waals surface area (Å²) in [6.07, 6.45) is 4.27. The van der Waals surface area contributed by atoms with Gasteiger partial charge in [0.15, 0.2) is 0 Å². The predicted octanol–water partition coefficient (Wildman–Crippen LogP) is 1.81. The second kappa shape index (κ2) is 9.56. The highest BCUT2D eigenvalue weighted by atomic mass is 32.2. The zero-order valence-electron chi connectivity index (χ0n) is 19.1. The Hall–Kier alpha value is -2.85. The summed E-state index contributed by atoms with van der Waals surface area (Å²) in [5.41, 5.74) is 0.908. The molecule has 33 heavy (non-hydrogen) atoms. The van der Waals surface area contributed by atoms with Gasteiger partial charge in [0.2, 0.25) is 10.0 Å². The standard InChI is InChI=1S/C23H30N4O5S/c1-24-17-20(33(30,31)27-10-4-3-5-11-27)16-21(24)23(29)26-14-12-25(13-15-26)22(28)18-6-8-19(32-2)9-7-18/h6-9,16-17H,3-5,10-15H2,1-2H3. The maximum atomic E-state index is 13.1. The van der Waals surface area contributed by atoms with E-state index in [-0.39, 0.29) is 16.7 Å². The lowest BCUT2D eigenvalue weighted by atomic mass is 10.1. The van der Waals surface area contributed by atoms with Crippen molar-refractivity contribution in [1.82, 2.24) is 18.7 Å². The molecule has 1 aromatic heterocycles. The molecule has 2 fully saturated rings. The van der Waals surface area contributed by atoms with Gasteiger partial charge in [0, 0.05) is 58.1 Å². The molecule has 0 saturated carbocycles. The van der Waals surface area contributed by atoms with Crippen LogP contribution in [0, 0.1) is 0 Å². The Bertz CT molecular complexity index is 1110. The third kappa shape index (κ3) is 4.77. The van der Waals surface area contributed by atoms with Crippen molar-refractivity contribution in [2.24, 2.45) is 7.05 Å². The fourth-order valence-corrected chi connectivity index (χ4v) is 5.92. The minimum atomic E-state index is -3.60. The van der Waals surface area contributed by atoms with Crippen LogP contribution >= 0.6 is 0 Å². The number of benzene rings is 1. The zero-order valence-corrected chi connectivity index (χ0v) is 19.9. The van der Waals surface area contributed by atoms with Crippen LogP contribution in [0.3, 0.4) is 0 Å². The third-order valence-electron chi connectivity index (χ3n) is 6.34. The number of hydrogen-bond donors (Lipinski definition) is 0. The van der Waals surface area contributed by atoms with Crippen molar-refractivity contribution in [2.45, 2.75) is 24.2 Å². The molecule has 0 N–H and O–H groups in total. The Labute approximate surface area is 194 Å². The Kier molecular flexibility index (Phi) is 6.76. The number of methoxy groups -OCH3 is 1. The average molecular weight is 475 g/mol. The van der Waals surface area contributed by atoms with Crippen molar-refractivity contribution in [3.8, 4) is 5.75 Å². The van der Waals surface area contributed by atoms with Crippen molar-refractivity contribution in [1.29, 1.82) is 0 Å². The first kappa shape index (κ1) is 23.3. The van der Waals surface area contributed by atoms with Crippen molar-refractivity contribution >= 4 is 21.8 Å². The van der Waals surface area contributed by atoms with E-state index in [9.17, 15) is 18.0 Å². The van der Waals surface area contributed by atoms with Crippen LogP contribution in [0.2, 0.25) is 0 Å². The Balaban J connectivity index is 1.41. The second-order valence-electron chi connectivity index (χ2n) is 8.45. The van der Waals surface area contributed by atoms with Crippen LogP contribution in [0.25, 0.3) is 0 Å². The fraction of sp³-hybridized carbons (Fsp3) is 0.478. The van der Waals surface area contributed by atoms with Gasteiger partial charge in [-0.15, -0.1) is 0 Å². The first-order valence-corrected chi connectivity index (χ1v) is 12.6. The molecule has 9 nitrogen and oxygen atoms in total. The molecule has 0 aliphatic carbocycles. The highest BCUT2D eigenvalue weighted by molar-refractivity contribution is 7.89. The van der Waals surface area contributed by atoms with Crippen LogP contribution in [-0.4, -0.2) is 85.3 Å². The van der Waals surface area contributed by atoms with E-state index < -0.39 is 10.0 Å². The molecule has 2 saturated heterocycles. The van der Waals surface area contributed by atoms with Gasteiger partial charge < -0.3 is 19.1 Å². The van der Waals surface area contributed by atoms with Gasteiger partial charge in [-0.05, 0) is 43.2 Å². The SMILES string of the molecule is COc1ccc(C(=O)N2CCN(C(=O)c3cc(S(=O)(=O)N4CCCCC4)cn3C)CC2)cc1. The normalized spacial score (nSPS) is 17.8. The molecule has 178 valence electrons. The third-order valence-corrected chi connectivity index (χ3v) is 8.21. The molecule has 2 aliphatic rings. The number of aromatic nitrogens is 1. The van der Waals surface area contributed by atoms with E-state index >= 15 is 0 Å². The summed E-state index contributed by atoms with van der Waals surface area (Å²) in [5, 5.41) is 0. The monoisotopic (exact) mass is 474 g/mol. The van der Waals surface area contributed by atoms with E-state index in [2.05, 4.69) is 0 Å². The van der Waals surface area contributed by atoms with Crippen molar-refractivity contribution in [2.75, 3.05) is 46.4 Å². The van der Waals surface area contributed by atoms with E-state index in [0.717, 1.165) is 19.3 Å². The summed E-state index contributed by atoms with van der Waals surface area (Å²) in [5.74, 6) is 0.374. The number of aryl methyl sites for hydroxylation is 1. The highest BCUT2D eigenvalue weighted by Gasteiger charge is 2.31. The first-order chi connectivity index (χ1) is 15.8. The van der Waals surface area contributed by atoms with Gasteiger partial charge >= 0.3 is 0 Å². The molecule has 0 spiro atoms. The Morgan fingerprint density at radius 2 is 1.42 bits per heavy atom. The van der Waals surface area contributed by atoms with Crippen molar-refractivity contribution < 1.29 is 22.7 Å². The van der Waals surface area contributed by atoms with Crippen LogP contribution < -0.4 is 4.74 Å². The molecule has 0 atom stereocenters. The fourth-order valence-electron chi connectivity index (χ4n) is 4.33. The van der Waals surface area contributed by atoms with Gasteiger partial charge in [0.25, 0.3) is 11.8 Å². The van der Waals surface area contributed by atoms with Crippen molar-refractivity contribution in [3.63, 3.8) is 0 Å². The van der Waals surface area contributed by atoms with Crippen LogP contribution in [0.5, 0.6) is 5.75 Å². The van der Waals surface area contributed by atoms with Crippen LogP contribution in [-0.2, 0) is 17.1 Å². The molecular weight excluding hydrogens is 444 g/mol. The number of carbonyl (C=O) groups excluding carboxylic acids is 2. The van der Waals surface area contributed by atoms with Crippen LogP contribution in [0.4, 0.5) is 0 Å². The van der Waals surface area contributed by atoms with E-state index in [0.29, 0.717) is 56.3 Å². The summed E-state index contributed by atoms with van der Waals surface area (Å²) in [6, 6.07) is 8.43. The molecule has 0 radical (unpaired) electrons. The van der Waals surface area contributed by atoms with Gasteiger partial charge in [0.05, 0.1) is 7.11 Å². The lowest BCUT2D eigenvalue weighted by Crippen LogP contribution is -2.50. The molecule has 0 bridgehead atoms. The number of hydrogen-bond acceptors (Lipinski definition) is 5. The predicted molar refractivity (Wildman–Crippen MR) is 123 cm³/mol. The molecule has 3 heterocycles. The number of sulfonamides is 1. The molecule has 4 rings (SSSR count). The van der Waals surface area contributed by atoms with Crippen molar-refractivity contribution in [3.05, 3.63) is 47.8 Å². The minimum Gasteiger partial charge on any atom is -0.497 e. The molecule has 1 aromatic carbocycles. The summed E-state index contributed by atoms with van der Waals surface area (Å²) in [6.45, 7) is 2.65. The molecule has 2 amide bonds. The summed E-state index contributed by atoms with van der Waals surface area (Å²) in [7, 11) is -0.342. The Morgan fingerprint density at radius 3 is 2.00 bits per heavy atom.